The third-order valence-corrected chi connectivity index (χ3v) is 6.77. The Labute approximate surface area is 138 Å². The summed E-state index contributed by atoms with van der Waals surface area (Å²) >= 11 is 0. The van der Waals surface area contributed by atoms with E-state index in [0.717, 1.165) is 12.0 Å². The van der Waals surface area contributed by atoms with E-state index in [2.05, 4.69) is 35.5 Å². The standard InChI is InChI=1S/C19H37N3/c1-4-22-15-14-20(16-19(22)9-5-10-19)11-6-18-7-12-21(13-8-18)17(2)3/h17-18H,4-16H2,1-3H3. The fourth-order valence-corrected chi connectivity index (χ4v) is 4.96. The fourth-order valence-electron chi connectivity index (χ4n) is 4.96. The van der Waals surface area contributed by atoms with Gasteiger partial charge in [0.25, 0.3) is 0 Å². The maximum atomic E-state index is 2.79. The molecule has 1 aliphatic carbocycles. The Morgan fingerprint density at radius 1 is 1.05 bits per heavy atom. The summed E-state index contributed by atoms with van der Waals surface area (Å²) in [6.45, 7) is 16.3. The minimum absolute atomic E-state index is 0.577. The van der Waals surface area contributed by atoms with Gasteiger partial charge in [-0.2, -0.15) is 0 Å². The van der Waals surface area contributed by atoms with Crippen LogP contribution in [0.1, 0.15) is 59.3 Å². The number of nitrogens with zero attached hydrogens (tertiary/aromatic N) is 3. The molecular formula is C19H37N3. The summed E-state index contributed by atoms with van der Waals surface area (Å²) in [4.78, 5) is 8.22. The second kappa shape index (κ2) is 7.19. The Bertz CT molecular complexity index is 343. The van der Waals surface area contributed by atoms with Crippen LogP contribution in [0.4, 0.5) is 0 Å². The smallest absolute Gasteiger partial charge is 0.0336 e. The molecular weight excluding hydrogens is 270 g/mol. The molecule has 2 saturated heterocycles. The summed E-state index contributed by atoms with van der Waals surface area (Å²) < 4.78 is 0. The quantitative estimate of drug-likeness (QED) is 0.773. The molecule has 0 aromatic rings. The Balaban J connectivity index is 1.41. The molecule has 0 bridgehead atoms. The van der Waals surface area contributed by atoms with Crippen molar-refractivity contribution in [3.8, 4) is 0 Å². The molecule has 2 aliphatic heterocycles. The van der Waals surface area contributed by atoms with Gasteiger partial charge in [0.1, 0.15) is 0 Å². The molecule has 22 heavy (non-hydrogen) atoms. The maximum absolute atomic E-state index is 2.79. The number of likely N-dealkylation sites (tertiary alicyclic amines) is 1. The van der Waals surface area contributed by atoms with Crippen molar-refractivity contribution < 1.29 is 0 Å². The second-order valence-corrected chi connectivity index (χ2v) is 8.30. The fraction of sp³-hybridized carbons (Fsp3) is 1.00. The molecule has 0 atom stereocenters. The summed E-state index contributed by atoms with van der Waals surface area (Å²) in [6, 6.07) is 0.738. The van der Waals surface area contributed by atoms with Crippen LogP contribution in [-0.4, -0.2) is 72.1 Å². The van der Waals surface area contributed by atoms with Crippen LogP contribution < -0.4 is 0 Å². The van der Waals surface area contributed by atoms with Crippen LogP contribution in [0.25, 0.3) is 0 Å². The van der Waals surface area contributed by atoms with Crippen molar-refractivity contribution in [1.82, 2.24) is 14.7 Å². The number of piperazine rings is 1. The van der Waals surface area contributed by atoms with Crippen molar-refractivity contribution in [1.29, 1.82) is 0 Å². The van der Waals surface area contributed by atoms with Gasteiger partial charge in [0.2, 0.25) is 0 Å². The second-order valence-electron chi connectivity index (χ2n) is 8.30. The van der Waals surface area contributed by atoms with Crippen molar-refractivity contribution in [2.45, 2.75) is 70.9 Å². The highest BCUT2D eigenvalue weighted by atomic mass is 15.3. The zero-order valence-electron chi connectivity index (χ0n) is 15.2. The van der Waals surface area contributed by atoms with Crippen molar-refractivity contribution in [2.24, 2.45) is 5.92 Å². The minimum Gasteiger partial charge on any atom is -0.301 e. The van der Waals surface area contributed by atoms with E-state index in [-0.39, 0.29) is 0 Å². The predicted molar refractivity (Wildman–Crippen MR) is 94.3 cm³/mol. The number of hydrogen-bond acceptors (Lipinski definition) is 3. The normalized spacial score (nSPS) is 28.4. The van der Waals surface area contributed by atoms with Crippen molar-refractivity contribution in [2.75, 3.05) is 45.8 Å². The SMILES string of the molecule is CCN1CCN(CCC2CCN(C(C)C)CC2)CC12CCC2. The Kier molecular flexibility index (Phi) is 5.47. The first-order valence-electron chi connectivity index (χ1n) is 9.84. The zero-order valence-corrected chi connectivity index (χ0v) is 15.2. The van der Waals surface area contributed by atoms with E-state index in [4.69, 9.17) is 0 Å². The molecule has 2 heterocycles. The average Bonchev–Trinajstić information content (AvgIpc) is 2.51. The average molecular weight is 308 g/mol. The molecule has 0 aromatic heterocycles. The summed E-state index contributed by atoms with van der Waals surface area (Å²) in [7, 11) is 0. The molecule has 3 nitrogen and oxygen atoms in total. The number of hydrogen-bond donors (Lipinski definition) is 0. The summed E-state index contributed by atoms with van der Waals surface area (Å²) in [5, 5.41) is 0. The van der Waals surface area contributed by atoms with Crippen LogP contribution in [0.2, 0.25) is 0 Å². The zero-order chi connectivity index (χ0) is 15.6. The summed E-state index contributed by atoms with van der Waals surface area (Å²) in [6.07, 6.45) is 8.65. The van der Waals surface area contributed by atoms with E-state index in [1.54, 1.807) is 0 Å². The molecule has 3 heteroatoms. The molecule has 3 aliphatic rings. The Hall–Kier alpha value is -0.120. The largest absolute Gasteiger partial charge is 0.301 e. The lowest BCUT2D eigenvalue weighted by atomic mass is 9.73. The third kappa shape index (κ3) is 3.52. The van der Waals surface area contributed by atoms with Gasteiger partial charge in [-0.25, -0.2) is 0 Å². The molecule has 1 spiro atoms. The van der Waals surface area contributed by atoms with Crippen molar-refractivity contribution in [3.05, 3.63) is 0 Å². The van der Waals surface area contributed by atoms with Gasteiger partial charge in [0.15, 0.2) is 0 Å². The van der Waals surface area contributed by atoms with Crippen LogP contribution in [0.3, 0.4) is 0 Å². The maximum Gasteiger partial charge on any atom is 0.0336 e. The lowest BCUT2D eigenvalue weighted by Gasteiger charge is -2.56. The molecule has 3 rings (SSSR count). The molecule has 0 aromatic carbocycles. The lowest BCUT2D eigenvalue weighted by Crippen LogP contribution is -2.65. The molecule has 0 N–H and O–H groups in total. The van der Waals surface area contributed by atoms with Gasteiger partial charge in [-0.05, 0) is 84.5 Å². The van der Waals surface area contributed by atoms with Crippen LogP contribution in [0.5, 0.6) is 0 Å². The topological polar surface area (TPSA) is 9.72 Å². The minimum atomic E-state index is 0.577. The van der Waals surface area contributed by atoms with Gasteiger partial charge in [-0.15, -0.1) is 0 Å². The predicted octanol–water partition coefficient (Wildman–Crippen LogP) is 3.06. The van der Waals surface area contributed by atoms with Crippen molar-refractivity contribution in [3.63, 3.8) is 0 Å². The first-order valence-corrected chi connectivity index (χ1v) is 9.84. The molecule has 0 radical (unpaired) electrons. The van der Waals surface area contributed by atoms with E-state index in [1.165, 1.54) is 84.3 Å². The van der Waals surface area contributed by atoms with Crippen LogP contribution in [0, 0.1) is 5.92 Å². The number of piperidine rings is 1. The van der Waals surface area contributed by atoms with Crippen molar-refractivity contribution >= 4 is 0 Å². The van der Waals surface area contributed by atoms with Gasteiger partial charge in [0, 0.05) is 31.2 Å². The van der Waals surface area contributed by atoms with Gasteiger partial charge in [0.05, 0.1) is 0 Å². The van der Waals surface area contributed by atoms with Crippen LogP contribution >= 0.6 is 0 Å². The molecule has 128 valence electrons. The summed E-state index contributed by atoms with van der Waals surface area (Å²) in [5.74, 6) is 0.983. The molecule has 0 amide bonds. The van der Waals surface area contributed by atoms with E-state index >= 15 is 0 Å². The number of rotatable bonds is 5. The van der Waals surface area contributed by atoms with Gasteiger partial charge < -0.3 is 9.80 Å². The van der Waals surface area contributed by atoms with E-state index < -0.39 is 0 Å². The third-order valence-electron chi connectivity index (χ3n) is 6.77. The van der Waals surface area contributed by atoms with Gasteiger partial charge >= 0.3 is 0 Å². The van der Waals surface area contributed by atoms with Gasteiger partial charge in [-0.3, -0.25) is 4.90 Å². The van der Waals surface area contributed by atoms with Gasteiger partial charge in [-0.1, -0.05) is 6.92 Å². The molecule has 3 fully saturated rings. The Morgan fingerprint density at radius 3 is 2.32 bits per heavy atom. The monoisotopic (exact) mass is 307 g/mol. The van der Waals surface area contributed by atoms with Crippen LogP contribution in [0.15, 0.2) is 0 Å². The lowest BCUT2D eigenvalue weighted by molar-refractivity contribution is -0.0514. The molecule has 1 saturated carbocycles. The van der Waals surface area contributed by atoms with E-state index in [0.29, 0.717) is 5.54 Å². The highest BCUT2D eigenvalue weighted by molar-refractivity contribution is 5.02. The first kappa shape index (κ1) is 16.7. The highest BCUT2D eigenvalue weighted by Crippen LogP contribution is 2.40. The van der Waals surface area contributed by atoms with E-state index in [9.17, 15) is 0 Å². The first-order chi connectivity index (χ1) is 10.6. The van der Waals surface area contributed by atoms with E-state index in [1.807, 2.05) is 0 Å². The highest BCUT2D eigenvalue weighted by Gasteiger charge is 2.45. The molecule has 0 unspecified atom stereocenters. The summed E-state index contributed by atoms with van der Waals surface area (Å²) in [5.41, 5.74) is 0.577. The Morgan fingerprint density at radius 2 is 1.77 bits per heavy atom. The van der Waals surface area contributed by atoms with Crippen LogP contribution in [-0.2, 0) is 0 Å². The number of likely N-dealkylation sites (N-methyl/N-ethyl adjacent to an activating group) is 1.